The maximum absolute atomic E-state index is 9.33. The van der Waals surface area contributed by atoms with E-state index in [0.717, 1.165) is 5.92 Å². The van der Waals surface area contributed by atoms with Crippen LogP contribution in [0.5, 0.6) is 5.75 Å². The van der Waals surface area contributed by atoms with Crippen LogP contribution in [0.3, 0.4) is 0 Å². The molecule has 1 heteroatoms. The van der Waals surface area contributed by atoms with Gasteiger partial charge >= 0.3 is 0 Å². The summed E-state index contributed by atoms with van der Waals surface area (Å²) in [6, 6.07) is 7.77. The Balaban J connectivity index is 2.67. The third kappa shape index (κ3) is 4.80. The van der Waals surface area contributed by atoms with Gasteiger partial charge in [0, 0.05) is 0 Å². The zero-order valence-corrected chi connectivity index (χ0v) is 11.4. The zero-order valence-electron chi connectivity index (χ0n) is 11.4. The minimum Gasteiger partial charge on any atom is -0.508 e. The van der Waals surface area contributed by atoms with Crippen molar-refractivity contribution >= 4 is 0 Å². The summed E-state index contributed by atoms with van der Waals surface area (Å²) in [5, 5.41) is 9.33. The zero-order chi connectivity index (χ0) is 12.7. The van der Waals surface area contributed by atoms with E-state index >= 15 is 0 Å². The highest BCUT2D eigenvalue weighted by atomic mass is 16.3. The summed E-state index contributed by atoms with van der Waals surface area (Å²) in [5.74, 6) is 1.82. The molecule has 0 fully saturated rings. The molecule has 0 saturated carbocycles. The van der Waals surface area contributed by atoms with Gasteiger partial charge < -0.3 is 5.11 Å². The molecule has 0 amide bonds. The topological polar surface area (TPSA) is 20.2 Å². The molecule has 1 rings (SSSR count). The Labute approximate surface area is 106 Å². The first kappa shape index (κ1) is 14.1. The summed E-state index contributed by atoms with van der Waals surface area (Å²) in [7, 11) is 0. The lowest BCUT2D eigenvalue weighted by Crippen LogP contribution is -2.05. The van der Waals surface area contributed by atoms with Gasteiger partial charge in [-0.3, -0.25) is 0 Å². The number of phenols is 1. The first-order chi connectivity index (χ1) is 8.17. The lowest BCUT2D eigenvalue weighted by molar-refractivity contribution is 0.418. The van der Waals surface area contributed by atoms with Crippen LogP contribution in [0, 0.1) is 5.92 Å². The SMILES string of the molecule is CCCC(C)CC(CCC)c1ccc(O)cc1. The second-order valence-electron chi connectivity index (χ2n) is 5.21. The summed E-state index contributed by atoms with van der Waals surface area (Å²) in [4.78, 5) is 0. The summed E-state index contributed by atoms with van der Waals surface area (Å²) in [5.41, 5.74) is 1.38. The van der Waals surface area contributed by atoms with E-state index in [2.05, 4.69) is 32.9 Å². The highest BCUT2D eigenvalue weighted by Gasteiger charge is 2.14. The first-order valence-corrected chi connectivity index (χ1v) is 6.96. The molecule has 1 aromatic rings. The molecule has 0 saturated heterocycles. The first-order valence-electron chi connectivity index (χ1n) is 6.96. The standard InChI is InChI=1S/C16H26O/c1-4-6-13(3)12-15(7-5-2)14-8-10-16(17)11-9-14/h8-11,13,15,17H,4-7,12H2,1-3H3. The largest absolute Gasteiger partial charge is 0.508 e. The van der Waals surface area contributed by atoms with Crippen molar-refractivity contribution in [3.63, 3.8) is 0 Å². The van der Waals surface area contributed by atoms with Crippen molar-refractivity contribution in [3.8, 4) is 5.75 Å². The Bertz CT molecular complexity index is 302. The van der Waals surface area contributed by atoms with Crippen molar-refractivity contribution < 1.29 is 5.11 Å². The third-order valence-corrected chi connectivity index (χ3v) is 3.47. The number of phenolic OH excluding ortho intramolecular Hbond substituents is 1. The molecule has 0 aliphatic carbocycles. The van der Waals surface area contributed by atoms with Crippen molar-refractivity contribution in [1.82, 2.24) is 0 Å². The van der Waals surface area contributed by atoms with E-state index < -0.39 is 0 Å². The molecule has 2 atom stereocenters. The average Bonchev–Trinajstić information content (AvgIpc) is 2.30. The average molecular weight is 234 g/mol. The fourth-order valence-corrected chi connectivity index (χ4v) is 2.61. The normalized spacial score (nSPS) is 14.5. The second-order valence-corrected chi connectivity index (χ2v) is 5.21. The fourth-order valence-electron chi connectivity index (χ4n) is 2.61. The van der Waals surface area contributed by atoms with Gasteiger partial charge in [0.05, 0.1) is 0 Å². The Hall–Kier alpha value is -0.980. The molecule has 0 spiro atoms. The predicted molar refractivity (Wildman–Crippen MR) is 74.4 cm³/mol. The smallest absolute Gasteiger partial charge is 0.115 e. The van der Waals surface area contributed by atoms with Crippen LogP contribution in [-0.2, 0) is 0 Å². The predicted octanol–water partition coefficient (Wildman–Crippen LogP) is 5.10. The Morgan fingerprint density at radius 1 is 1.00 bits per heavy atom. The van der Waals surface area contributed by atoms with Gasteiger partial charge in [0.25, 0.3) is 0 Å². The monoisotopic (exact) mass is 234 g/mol. The maximum atomic E-state index is 9.33. The molecule has 2 unspecified atom stereocenters. The summed E-state index contributed by atoms with van der Waals surface area (Å²) < 4.78 is 0. The maximum Gasteiger partial charge on any atom is 0.115 e. The van der Waals surface area contributed by atoms with E-state index in [1.165, 1.54) is 37.7 Å². The van der Waals surface area contributed by atoms with Gasteiger partial charge in [-0.15, -0.1) is 0 Å². The molecule has 96 valence electrons. The van der Waals surface area contributed by atoms with E-state index in [9.17, 15) is 5.11 Å². The van der Waals surface area contributed by atoms with Crippen LogP contribution < -0.4 is 0 Å². The molecule has 1 nitrogen and oxygen atoms in total. The summed E-state index contributed by atoms with van der Waals surface area (Å²) in [6.07, 6.45) is 6.34. The van der Waals surface area contributed by atoms with Crippen LogP contribution in [0.1, 0.15) is 64.4 Å². The van der Waals surface area contributed by atoms with E-state index in [1.807, 2.05) is 12.1 Å². The molecule has 0 radical (unpaired) electrons. The molecule has 0 heterocycles. The molecular formula is C16H26O. The van der Waals surface area contributed by atoms with Gasteiger partial charge in [-0.2, -0.15) is 0 Å². The van der Waals surface area contributed by atoms with E-state index in [1.54, 1.807) is 0 Å². The minimum atomic E-state index is 0.366. The molecule has 1 aromatic carbocycles. The van der Waals surface area contributed by atoms with Crippen molar-refractivity contribution in [2.75, 3.05) is 0 Å². The molecule has 0 aliphatic rings. The van der Waals surface area contributed by atoms with Crippen LogP contribution >= 0.6 is 0 Å². The Morgan fingerprint density at radius 2 is 1.59 bits per heavy atom. The highest BCUT2D eigenvalue weighted by molar-refractivity contribution is 5.28. The summed E-state index contributed by atoms with van der Waals surface area (Å²) >= 11 is 0. The van der Waals surface area contributed by atoms with Gasteiger partial charge in [0.15, 0.2) is 0 Å². The number of hydrogen-bond acceptors (Lipinski definition) is 1. The number of hydrogen-bond donors (Lipinski definition) is 1. The van der Waals surface area contributed by atoms with E-state index in [4.69, 9.17) is 0 Å². The van der Waals surface area contributed by atoms with Gasteiger partial charge in [-0.05, 0) is 42.4 Å². The molecule has 0 aliphatic heterocycles. The van der Waals surface area contributed by atoms with E-state index in [-0.39, 0.29) is 0 Å². The number of rotatable bonds is 7. The van der Waals surface area contributed by atoms with Crippen molar-refractivity contribution in [2.45, 2.75) is 58.8 Å². The van der Waals surface area contributed by atoms with Crippen LogP contribution in [-0.4, -0.2) is 5.11 Å². The van der Waals surface area contributed by atoms with Crippen molar-refractivity contribution in [1.29, 1.82) is 0 Å². The minimum absolute atomic E-state index is 0.366. The lowest BCUT2D eigenvalue weighted by Gasteiger charge is -2.21. The quantitative estimate of drug-likeness (QED) is 0.695. The van der Waals surface area contributed by atoms with Crippen LogP contribution in [0.15, 0.2) is 24.3 Å². The van der Waals surface area contributed by atoms with Crippen LogP contribution in [0.4, 0.5) is 0 Å². The van der Waals surface area contributed by atoms with Gasteiger partial charge in [0.1, 0.15) is 5.75 Å². The van der Waals surface area contributed by atoms with Crippen LogP contribution in [0.25, 0.3) is 0 Å². The Morgan fingerprint density at radius 3 is 2.12 bits per heavy atom. The van der Waals surface area contributed by atoms with E-state index in [0.29, 0.717) is 11.7 Å². The molecule has 0 bridgehead atoms. The van der Waals surface area contributed by atoms with Crippen molar-refractivity contribution in [2.24, 2.45) is 5.92 Å². The third-order valence-electron chi connectivity index (χ3n) is 3.47. The van der Waals surface area contributed by atoms with Gasteiger partial charge in [0.2, 0.25) is 0 Å². The number of aromatic hydroxyl groups is 1. The molecular weight excluding hydrogens is 208 g/mol. The lowest BCUT2D eigenvalue weighted by atomic mass is 9.85. The number of benzene rings is 1. The van der Waals surface area contributed by atoms with Crippen LogP contribution in [0.2, 0.25) is 0 Å². The highest BCUT2D eigenvalue weighted by Crippen LogP contribution is 2.30. The molecule has 17 heavy (non-hydrogen) atoms. The van der Waals surface area contributed by atoms with Gasteiger partial charge in [-0.25, -0.2) is 0 Å². The molecule has 0 aromatic heterocycles. The summed E-state index contributed by atoms with van der Waals surface area (Å²) in [6.45, 7) is 6.86. The second kappa shape index (κ2) is 7.37. The molecule has 1 N–H and O–H groups in total. The fraction of sp³-hybridized carbons (Fsp3) is 0.625. The Kier molecular flexibility index (Phi) is 6.10. The van der Waals surface area contributed by atoms with Crippen molar-refractivity contribution in [3.05, 3.63) is 29.8 Å². The van der Waals surface area contributed by atoms with Gasteiger partial charge in [-0.1, -0.05) is 52.2 Å².